The molecule has 32 heavy (non-hydrogen) atoms. The summed E-state index contributed by atoms with van der Waals surface area (Å²) in [5.74, 6) is 1.10. The lowest BCUT2D eigenvalue weighted by molar-refractivity contribution is -0.127. The normalized spacial score (nSPS) is 10.9. The van der Waals surface area contributed by atoms with Gasteiger partial charge in [0.25, 0.3) is 0 Å². The van der Waals surface area contributed by atoms with E-state index in [4.69, 9.17) is 4.42 Å². The van der Waals surface area contributed by atoms with Gasteiger partial charge in [0.05, 0.1) is 13.1 Å². The first kappa shape index (κ1) is 25.4. The summed E-state index contributed by atoms with van der Waals surface area (Å²) in [7, 11) is 3.46. The smallest absolute Gasteiger partial charge is 0.241 e. The van der Waals surface area contributed by atoms with Crippen molar-refractivity contribution in [1.29, 1.82) is 0 Å². The predicted octanol–water partition coefficient (Wildman–Crippen LogP) is 3.63. The van der Waals surface area contributed by atoms with Crippen molar-refractivity contribution < 1.29 is 9.21 Å². The van der Waals surface area contributed by atoms with Gasteiger partial charge in [-0.25, -0.2) is 9.98 Å². The van der Waals surface area contributed by atoms with Gasteiger partial charge in [0.2, 0.25) is 11.8 Å². The van der Waals surface area contributed by atoms with Gasteiger partial charge in [-0.15, -0.1) is 24.0 Å². The minimum atomic E-state index is -0.0272. The lowest BCUT2D eigenvalue weighted by atomic mass is 10.1. The van der Waals surface area contributed by atoms with Gasteiger partial charge < -0.3 is 20.0 Å². The van der Waals surface area contributed by atoms with E-state index < -0.39 is 0 Å². The number of guanidine groups is 1. The molecule has 3 aromatic rings. The molecule has 1 heterocycles. The number of nitrogens with one attached hydrogen (secondary N) is 2. The number of hydrogen-bond donors (Lipinski definition) is 2. The number of carbonyl (C=O) groups excluding carboxylic acids is 1. The molecule has 0 bridgehead atoms. The SMILES string of the molecule is Cc1ccc(-c2nc(CN=C(NCCc3ccccc3)NCC(=O)N(C)C)co2)cc1.I. The number of nitrogens with zero attached hydrogens (tertiary/aromatic N) is 3. The maximum Gasteiger partial charge on any atom is 0.241 e. The molecule has 2 N–H and O–H groups in total. The summed E-state index contributed by atoms with van der Waals surface area (Å²) in [5.41, 5.74) is 4.07. The number of aryl methyl sites for hydroxylation is 1. The Labute approximate surface area is 206 Å². The highest BCUT2D eigenvalue weighted by atomic mass is 127. The molecule has 0 aliphatic carbocycles. The van der Waals surface area contributed by atoms with E-state index in [-0.39, 0.29) is 36.4 Å². The lowest BCUT2D eigenvalue weighted by Gasteiger charge is -2.15. The van der Waals surface area contributed by atoms with Crippen LogP contribution in [0.25, 0.3) is 11.5 Å². The van der Waals surface area contributed by atoms with E-state index in [9.17, 15) is 4.79 Å². The number of halogens is 1. The predicted molar refractivity (Wildman–Crippen MR) is 138 cm³/mol. The third-order valence-electron chi connectivity index (χ3n) is 4.70. The van der Waals surface area contributed by atoms with E-state index in [2.05, 4.69) is 32.7 Å². The summed E-state index contributed by atoms with van der Waals surface area (Å²) in [6, 6.07) is 18.2. The first-order valence-electron chi connectivity index (χ1n) is 10.3. The average Bonchev–Trinajstić information content (AvgIpc) is 3.25. The minimum absolute atomic E-state index is 0. The van der Waals surface area contributed by atoms with Crippen LogP contribution in [0.5, 0.6) is 0 Å². The number of amides is 1. The minimum Gasteiger partial charge on any atom is -0.444 e. The average molecular weight is 547 g/mol. The summed E-state index contributed by atoms with van der Waals surface area (Å²) in [5, 5.41) is 6.38. The molecule has 0 radical (unpaired) electrons. The topological polar surface area (TPSA) is 82.8 Å². The standard InChI is InChI=1S/C24H29N5O2.HI/c1-18-9-11-20(12-10-18)23-28-21(17-31-23)15-26-24(27-16-22(30)29(2)3)25-14-13-19-7-5-4-6-8-19;/h4-12,17H,13-16H2,1-3H3,(H2,25,26,27);1H. The molecule has 2 aromatic carbocycles. The third kappa shape index (κ3) is 7.99. The van der Waals surface area contributed by atoms with Gasteiger partial charge in [0, 0.05) is 26.2 Å². The van der Waals surface area contributed by atoms with E-state index in [1.54, 1.807) is 25.3 Å². The van der Waals surface area contributed by atoms with Crippen LogP contribution in [0, 0.1) is 6.92 Å². The van der Waals surface area contributed by atoms with Gasteiger partial charge in [0.1, 0.15) is 12.0 Å². The molecule has 1 aromatic heterocycles. The molecule has 0 aliphatic rings. The maximum atomic E-state index is 12.0. The van der Waals surface area contributed by atoms with Crippen LogP contribution in [0.1, 0.15) is 16.8 Å². The molecule has 170 valence electrons. The zero-order chi connectivity index (χ0) is 22.1. The van der Waals surface area contributed by atoms with Gasteiger partial charge >= 0.3 is 0 Å². The van der Waals surface area contributed by atoms with Crippen molar-refractivity contribution in [2.45, 2.75) is 19.9 Å². The number of benzene rings is 2. The fraction of sp³-hybridized carbons (Fsp3) is 0.292. The molecule has 0 unspecified atom stereocenters. The Morgan fingerprint density at radius 3 is 2.47 bits per heavy atom. The quantitative estimate of drug-likeness (QED) is 0.256. The van der Waals surface area contributed by atoms with Crippen LogP contribution >= 0.6 is 24.0 Å². The second kappa shape index (κ2) is 12.8. The number of aliphatic imine (C=N–C) groups is 1. The van der Waals surface area contributed by atoms with Crippen molar-refractivity contribution in [2.75, 3.05) is 27.2 Å². The van der Waals surface area contributed by atoms with E-state index in [1.807, 2.05) is 49.4 Å². The zero-order valence-corrected chi connectivity index (χ0v) is 21.0. The molecule has 0 aliphatic heterocycles. The van der Waals surface area contributed by atoms with Crippen LogP contribution in [0.4, 0.5) is 0 Å². The second-order valence-electron chi connectivity index (χ2n) is 7.48. The van der Waals surface area contributed by atoms with Crippen LogP contribution in [0.15, 0.2) is 70.3 Å². The summed E-state index contributed by atoms with van der Waals surface area (Å²) in [6.45, 7) is 3.24. The van der Waals surface area contributed by atoms with E-state index in [1.165, 1.54) is 11.1 Å². The number of hydrogen-bond acceptors (Lipinski definition) is 4. The largest absolute Gasteiger partial charge is 0.444 e. The van der Waals surface area contributed by atoms with Crippen molar-refractivity contribution >= 4 is 35.8 Å². The van der Waals surface area contributed by atoms with Gasteiger partial charge in [-0.1, -0.05) is 48.0 Å². The first-order chi connectivity index (χ1) is 15.0. The summed E-state index contributed by atoms with van der Waals surface area (Å²) < 4.78 is 5.61. The van der Waals surface area contributed by atoms with Crippen LogP contribution in [-0.2, 0) is 17.8 Å². The highest BCUT2D eigenvalue weighted by molar-refractivity contribution is 14.0. The number of oxazole rings is 1. The second-order valence-corrected chi connectivity index (χ2v) is 7.48. The molecular formula is C24H30IN5O2. The van der Waals surface area contributed by atoms with Crippen molar-refractivity contribution in [1.82, 2.24) is 20.5 Å². The monoisotopic (exact) mass is 547 g/mol. The first-order valence-corrected chi connectivity index (χ1v) is 10.3. The van der Waals surface area contributed by atoms with Gasteiger partial charge in [-0.05, 0) is 31.0 Å². The van der Waals surface area contributed by atoms with E-state index >= 15 is 0 Å². The number of carbonyl (C=O) groups is 1. The Hall–Kier alpha value is -2.88. The Balaban J connectivity index is 0.00000363. The van der Waals surface area contributed by atoms with Crippen molar-refractivity contribution in [3.8, 4) is 11.5 Å². The molecule has 0 saturated carbocycles. The Morgan fingerprint density at radius 2 is 1.78 bits per heavy atom. The lowest BCUT2D eigenvalue weighted by Crippen LogP contribution is -2.43. The summed E-state index contributed by atoms with van der Waals surface area (Å²) in [6.07, 6.45) is 2.47. The third-order valence-corrected chi connectivity index (χ3v) is 4.70. The zero-order valence-electron chi connectivity index (χ0n) is 18.7. The molecule has 0 fully saturated rings. The van der Waals surface area contributed by atoms with E-state index in [0.29, 0.717) is 24.9 Å². The van der Waals surface area contributed by atoms with Crippen LogP contribution in [0.2, 0.25) is 0 Å². The molecule has 0 atom stereocenters. The van der Waals surface area contributed by atoms with Gasteiger partial charge in [0.15, 0.2) is 5.96 Å². The molecule has 1 amide bonds. The number of rotatable bonds is 8. The summed E-state index contributed by atoms with van der Waals surface area (Å²) in [4.78, 5) is 22.6. The fourth-order valence-electron chi connectivity index (χ4n) is 2.83. The van der Waals surface area contributed by atoms with E-state index in [0.717, 1.165) is 17.7 Å². The van der Waals surface area contributed by atoms with Crippen LogP contribution < -0.4 is 10.6 Å². The molecule has 8 heteroatoms. The summed E-state index contributed by atoms with van der Waals surface area (Å²) >= 11 is 0. The molecule has 3 rings (SSSR count). The Morgan fingerprint density at radius 1 is 1.06 bits per heavy atom. The molecule has 7 nitrogen and oxygen atoms in total. The maximum absolute atomic E-state index is 12.0. The van der Waals surface area contributed by atoms with Crippen molar-refractivity contribution in [2.24, 2.45) is 4.99 Å². The van der Waals surface area contributed by atoms with Crippen molar-refractivity contribution in [3.05, 3.63) is 77.7 Å². The van der Waals surface area contributed by atoms with Crippen LogP contribution in [0.3, 0.4) is 0 Å². The molecular weight excluding hydrogens is 517 g/mol. The number of aromatic nitrogens is 1. The molecule has 0 spiro atoms. The van der Waals surface area contributed by atoms with Gasteiger partial charge in [-0.3, -0.25) is 4.79 Å². The van der Waals surface area contributed by atoms with Crippen LogP contribution in [-0.4, -0.2) is 48.9 Å². The van der Waals surface area contributed by atoms with Gasteiger partial charge in [-0.2, -0.15) is 0 Å². The Bertz CT molecular complexity index is 1000. The van der Waals surface area contributed by atoms with Crippen molar-refractivity contribution in [3.63, 3.8) is 0 Å². The Kier molecular flexibility index (Phi) is 10.2. The highest BCUT2D eigenvalue weighted by Gasteiger charge is 2.09. The number of likely N-dealkylation sites (N-methyl/N-ethyl adjacent to an activating group) is 1. The fourth-order valence-corrected chi connectivity index (χ4v) is 2.83. The molecule has 0 saturated heterocycles. The highest BCUT2D eigenvalue weighted by Crippen LogP contribution is 2.19.